The Kier molecular flexibility index (Phi) is 21.1. The van der Waals surface area contributed by atoms with Crippen molar-refractivity contribution >= 4 is 0 Å². The minimum atomic E-state index is -0.945. The molecule has 1 fully saturated rings. The first-order valence-corrected chi connectivity index (χ1v) is 24.1. The lowest BCUT2D eigenvalue weighted by molar-refractivity contribution is -0.329. The van der Waals surface area contributed by atoms with Crippen LogP contribution in [0.1, 0.15) is 59.6 Å². The van der Waals surface area contributed by atoms with Crippen molar-refractivity contribution in [1.29, 1.82) is 0 Å². The van der Waals surface area contributed by atoms with Crippen LogP contribution in [-0.4, -0.2) is 76.4 Å². The predicted molar refractivity (Wildman–Crippen MR) is 266 cm³/mol. The van der Waals surface area contributed by atoms with Gasteiger partial charge in [0.25, 0.3) is 0 Å². The molecule has 1 aliphatic rings. The molecule has 6 aromatic carbocycles. The van der Waals surface area contributed by atoms with Gasteiger partial charge in [-0.25, -0.2) is 0 Å². The average molecular weight is 940 g/mol. The highest BCUT2D eigenvalue weighted by molar-refractivity contribution is 5.28. The fourth-order valence-corrected chi connectivity index (χ4v) is 8.28. The zero-order valence-electron chi connectivity index (χ0n) is 40.2. The van der Waals surface area contributed by atoms with Crippen molar-refractivity contribution in [2.24, 2.45) is 5.73 Å². The van der Waals surface area contributed by atoms with Gasteiger partial charge in [0.2, 0.25) is 0 Å². The molecule has 6 aromatic rings. The summed E-state index contributed by atoms with van der Waals surface area (Å²) in [5, 5.41) is 0. The summed E-state index contributed by atoms with van der Waals surface area (Å²) in [5.41, 5.74) is 13.3. The van der Waals surface area contributed by atoms with Gasteiger partial charge in [0, 0.05) is 0 Å². The molecule has 1 heterocycles. The first-order valence-electron chi connectivity index (χ1n) is 24.1. The van der Waals surface area contributed by atoms with Gasteiger partial charge in [-0.05, 0) is 64.1 Å². The van der Waals surface area contributed by atoms with E-state index in [9.17, 15) is 0 Å². The molecule has 0 amide bonds. The van der Waals surface area contributed by atoms with Gasteiger partial charge >= 0.3 is 0 Å². The first-order chi connectivity index (χ1) is 34.0. The van der Waals surface area contributed by atoms with Crippen LogP contribution in [0.4, 0.5) is 0 Å². The van der Waals surface area contributed by atoms with Crippen LogP contribution >= 0.6 is 0 Å². The Morgan fingerprint density at radius 1 is 0.478 bits per heavy atom. The molecule has 2 N–H and O–H groups in total. The SMILES string of the molecule is CCCC[C@@H](OCc1ccc(OC)cc1)[C@@H](OCc1ccc(OC)cc1)[C@@H](N)CO[C@H]1O[C@H](COCc2ccccc2)[C@H](OCc2ccccc2)[C@H](OCc2ccccc2)[C@H]1OCc1ccccc1. The monoisotopic (exact) mass is 939 g/mol. The third-order valence-electron chi connectivity index (χ3n) is 12.1. The zero-order valence-corrected chi connectivity index (χ0v) is 40.2. The van der Waals surface area contributed by atoms with Crippen LogP contribution in [0.5, 0.6) is 11.5 Å². The van der Waals surface area contributed by atoms with Crippen molar-refractivity contribution in [3.8, 4) is 11.5 Å². The molecule has 0 unspecified atom stereocenters. The van der Waals surface area contributed by atoms with Crippen molar-refractivity contribution in [1.82, 2.24) is 0 Å². The molecule has 0 aliphatic carbocycles. The second kappa shape index (κ2) is 28.3. The number of unbranched alkanes of at least 4 members (excludes halogenated alkanes) is 1. The highest BCUT2D eigenvalue weighted by Gasteiger charge is 2.49. The van der Waals surface area contributed by atoms with Crippen molar-refractivity contribution in [2.75, 3.05) is 27.4 Å². The second-order valence-electron chi connectivity index (χ2n) is 17.3. The number of ether oxygens (including phenoxy) is 10. The van der Waals surface area contributed by atoms with Gasteiger partial charge in [0.1, 0.15) is 42.0 Å². The number of rotatable bonds is 29. The molecule has 0 radical (unpaired) electrons. The van der Waals surface area contributed by atoms with Gasteiger partial charge in [-0.3, -0.25) is 0 Å². The summed E-state index contributed by atoms with van der Waals surface area (Å²) in [5.74, 6) is 1.55. The zero-order chi connectivity index (χ0) is 47.9. The van der Waals surface area contributed by atoms with Gasteiger partial charge < -0.3 is 53.1 Å². The molecule has 8 atom stereocenters. The third kappa shape index (κ3) is 16.3. The van der Waals surface area contributed by atoms with Gasteiger partial charge in [-0.2, -0.15) is 0 Å². The molecule has 1 saturated heterocycles. The largest absolute Gasteiger partial charge is 0.497 e. The molecular formula is C58H69NO10. The minimum absolute atomic E-state index is 0.0518. The fourth-order valence-electron chi connectivity index (χ4n) is 8.28. The van der Waals surface area contributed by atoms with Crippen LogP contribution in [0.3, 0.4) is 0 Å². The minimum Gasteiger partial charge on any atom is -0.497 e. The molecular weight excluding hydrogens is 871 g/mol. The Balaban J connectivity index is 1.19. The molecule has 0 bridgehead atoms. The molecule has 7 rings (SSSR count). The lowest BCUT2D eigenvalue weighted by Crippen LogP contribution is -2.62. The van der Waals surface area contributed by atoms with Gasteiger partial charge in [-0.15, -0.1) is 0 Å². The fraction of sp³-hybridized carbons (Fsp3) is 0.379. The maximum Gasteiger partial charge on any atom is 0.187 e. The second-order valence-corrected chi connectivity index (χ2v) is 17.3. The van der Waals surface area contributed by atoms with Crippen molar-refractivity contribution in [3.05, 3.63) is 203 Å². The Hall–Kier alpha value is -5.44. The quantitative estimate of drug-likeness (QED) is 0.0484. The van der Waals surface area contributed by atoms with Crippen molar-refractivity contribution < 1.29 is 47.4 Å². The van der Waals surface area contributed by atoms with Crippen LogP contribution in [0.25, 0.3) is 0 Å². The summed E-state index contributed by atoms with van der Waals surface area (Å²) in [7, 11) is 3.31. The summed E-state index contributed by atoms with van der Waals surface area (Å²) < 4.78 is 65.5. The summed E-state index contributed by atoms with van der Waals surface area (Å²) in [6, 6.07) is 55.4. The molecule has 366 valence electrons. The van der Waals surface area contributed by atoms with E-state index in [4.69, 9.17) is 53.1 Å². The van der Waals surface area contributed by atoms with Crippen LogP contribution in [-0.2, 0) is 77.5 Å². The van der Waals surface area contributed by atoms with E-state index in [0.717, 1.165) is 64.1 Å². The molecule has 69 heavy (non-hydrogen) atoms. The van der Waals surface area contributed by atoms with Crippen LogP contribution in [0.2, 0.25) is 0 Å². The maximum atomic E-state index is 7.28. The molecule has 1 aliphatic heterocycles. The Morgan fingerprint density at radius 2 is 0.913 bits per heavy atom. The number of nitrogens with two attached hydrogens (primary N) is 1. The Bertz CT molecular complexity index is 2270. The predicted octanol–water partition coefficient (Wildman–Crippen LogP) is 10.4. The smallest absolute Gasteiger partial charge is 0.187 e. The van der Waals surface area contributed by atoms with E-state index in [-0.39, 0.29) is 25.9 Å². The topological polar surface area (TPSA) is 118 Å². The van der Waals surface area contributed by atoms with Crippen molar-refractivity contribution in [2.45, 2.75) is 115 Å². The Labute approximate surface area is 408 Å². The lowest BCUT2D eigenvalue weighted by Gasteiger charge is -2.46. The lowest BCUT2D eigenvalue weighted by atomic mass is 9.97. The van der Waals surface area contributed by atoms with E-state index in [2.05, 4.69) is 6.92 Å². The van der Waals surface area contributed by atoms with E-state index in [1.54, 1.807) is 14.2 Å². The highest BCUT2D eigenvalue weighted by atomic mass is 16.7. The molecule has 11 nitrogen and oxygen atoms in total. The van der Waals surface area contributed by atoms with Gasteiger partial charge in [-0.1, -0.05) is 165 Å². The number of benzene rings is 6. The van der Waals surface area contributed by atoms with E-state index in [1.807, 2.05) is 170 Å². The number of hydrogen-bond donors (Lipinski definition) is 1. The van der Waals surface area contributed by atoms with E-state index >= 15 is 0 Å². The van der Waals surface area contributed by atoms with E-state index in [0.29, 0.717) is 33.0 Å². The summed E-state index contributed by atoms with van der Waals surface area (Å²) in [6.45, 7) is 4.37. The summed E-state index contributed by atoms with van der Waals surface area (Å²) in [6.07, 6.45) is -1.92. The molecule has 0 spiro atoms. The van der Waals surface area contributed by atoms with Crippen LogP contribution in [0, 0.1) is 0 Å². The van der Waals surface area contributed by atoms with Gasteiger partial charge in [0.05, 0.1) is 79.2 Å². The van der Waals surface area contributed by atoms with E-state index in [1.165, 1.54) is 0 Å². The number of hydrogen-bond acceptors (Lipinski definition) is 11. The molecule has 0 saturated carbocycles. The molecule has 0 aromatic heterocycles. The third-order valence-corrected chi connectivity index (χ3v) is 12.1. The standard InChI is InChI=1S/C58H69NO10/c1-4-5-26-52(63-36-47-27-31-49(60-2)32-28-47)54(64-40-48-29-33-50(61-3)34-30-48)51(59)41-68-58-57(67-39-46-24-16-9-17-25-46)56(66-38-45-22-14-8-15-23-45)55(65-37-44-20-12-7-13-21-44)53(69-58)42-62-35-43-18-10-6-11-19-43/h6-25,27-34,51-58H,4-5,26,35-42,59H2,1-3H3/t51-,52+,53+,54-,55-,56-,57+,58-/m0/s1. The van der Waals surface area contributed by atoms with Crippen LogP contribution < -0.4 is 15.2 Å². The number of methoxy groups -OCH3 is 2. The average Bonchev–Trinajstić information content (AvgIpc) is 3.40. The summed E-state index contributed by atoms with van der Waals surface area (Å²) in [4.78, 5) is 0. The van der Waals surface area contributed by atoms with Crippen LogP contribution in [0.15, 0.2) is 170 Å². The van der Waals surface area contributed by atoms with Gasteiger partial charge in [0.15, 0.2) is 6.29 Å². The first kappa shape index (κ1) is 51.4. The maximum absolute atomic E-state index is 7.28. The summed E-state index contributed by atoms with van der Waals surface area (Å²) >= 11 is 0. The van der Waals surface area contributed by atoms with Crippen molar-refractivity contribution in [3.63, 3.8) is 0 Å². The Morgan fingerprint density at radius 3 is 1.39 bits per heavy atom. The molecule has 11 heteroatoms. The van der Waals surface area contributed by atoms with E-state index < -0.39 is 42.9 Å². The highest BCUT2D eigenvalue weighted by Crippen LogP contribution is 2.32. The normalized spacial score (nSPS) is 19.4.